The van der Waals surface area contributed by atoms with E-state index in [1.54, 1.807) is 0 Å². The fourth-order valence-corrected chi connectivity index (χ4v) is 2.86. The first kappa shape index (κ1) is 27.2. The van der Waals surface area contributed by atoms with Crippen molar-refractivity contribution in [2.45, 2.75) is 108 Å². The number of primary amides is 1. The van der Waals surface area contributed by atoms with E-state index < -0.39 is 0 Å². The number of amides is 1. The van der Waals surface area contributed by atoms with Crippen LogP contribution in [0.4, 0.5) is 0 Å². The minimum atomic E-state index is -0.340. The molecule has 1 rings (SSSR count). The van der Waals surface area contributed by atoms with Crippen LogP contribution in [0.2, 0.25) is 0 Å². The number of allylic oxidation sites excluding steroid dienone is 4. The van der Waals surface area contributed by atoms with Crippen molar-refractivity contribution >= 4 is 5.91 Å². The maximum absolute atomic E-state index is 11.5. The SMILES string of the molecule is C/C(=C\CCC(C)(C)C1=CCC(C)(C(N)=O)CC1)C(C)C.CC.CCC. The van der Waals surface area contributed by atoms with Gasteiger partial charge in [0, 0.05) is 5.41 Å². The van der Waals surface area contributed by atoms with Gasteiger partial charge in [-0.05, 0) is 50.4 Å². The molecule has 1 aliphatic carbocycles. The predicted molar refractivity (Wildman–Crippen MR) is 118 cm³/mol. The quantitative estimate of drug-likeness (QED) is 0.488. The Labute approximate surface area is 164 Å². The lowest BCUT2D eigenvalue weighted by Gasteiger charge is -2.36. The molecule has 0 aliphatic heterocycles. The van der Waals surface area contributed by atoms with Crippen molar-refractivity contribution in [1.29, 1.82) is 0 Å². The Bertz CT molecular complexity index is 457. The second-order valence-electron chi connectivity index (χ2n) is 8.59. The zero-order valence-corrected chi connectivity index (χ0v) is 19.5. The molecule has 2 heteroatoms. The monoisotopic (exact) mass is 365 g/mol. The molecule has 0 saturated carbocycles. The van der Waals surface area contributed by atoms with Crippen LogP contribution >= 0.6 is 0 Å². The lowest BCUT2D eigenvalue weighted by Crippen LogP contribution is -2.36. The number of nitrogens with two attached hydrogens (primary N) is 1. The molecule has 1 atom stereocenters. The van der Waals surface area contributed by atoms with E-state index in [0.29, 0.717) is 5.92 Å². The Kier molecular flexibility index (Phi) is 13.8. The summed E-state index contributed by atoms with van der Waals surface area (Å²) in [6.07, 6.45) is 10.9. The number of hydrogen-bond acceptors (Lipinski definition) is 1. The van der Waals surface area contributed by atoms with Crippen LogP contribution in [-0.4, -0.2) is 5.91 Å². The molecular formula is C24H47NO. The van der Waals surface area contributed by atoms with Crippen LogP contribution in [0.25, 0.3) is 0 Å². The van der Waals surface area contributed by atoms with Crippen LogP contribution in [0.5, 0.6) is 0 Å². The summed E-state index contributed by atoms with van der Waals surface area (Å²) in [5.41, 5.74) is 8.37. The van der Waals surface area contributed by atoms with Crippen molar-refractivity contribution < 1.29 is 4.79 Å². The van der Waals surface area contributed by atoms with E-state index in [2.05, 4.69) is 60.6 Å². The maximum atomic E-state index is 11.5. The molecule has 26 heavy (non-hydrogen) atoms. The van der Waals surface area contributed by atoms with Gasteiger partial charge in [0.1, 0.15) is 0 Å². The summed E-state index contributed by atoms with van der Waals surface area (Å²) in [6.45, 7) is 21.6. The Morgan fingerprint density at radius 3 is 2.15 bits per heavy atom. The van der Waals surface area contributed by atoms with Gasteiger partial charge in [-0.25, -0.2) is 0 Å². The second kappa shape index (κ2) is 13.2. The Morgan fingerprint density at radius 1 is 1.31 bits per heavy atom. The van der Waals surface area contributed by atoms with Crippen molar-refractivity contribution in [3.63, 3.8) is 0 Å². The highest BCUT2D eigenvalue weighted by Crippen LogP contribution is 2.43. The summed E-state index contributed by atoms with van der Waals surface area (Å²) in [7, 11) is 0. The molecule has 0 heterocycles. The van der Waals surface area contributed by atoms with Gasteiger partial charge in [-0.1, -0.05) is 92.0 Å². The zero-order valence-electron chi connectivity index (χ0n) is 19.5. The molecule has 0 saturated heterocycles. The molecule has 1 unspecified atom stereocenters. The smallest absolute Gasteiger partial charge is 0.223 e. The molecule has 1 amide bonds. The molecule has 0 aromatic heterocycles. The van der Waals surface area contributed by atoms with Gasteiger partial charge in [0.2, 0.25) is 5.91 Å². The molecule has 0 radical (unpaired) electrons. The van der Waals surface area contributed by atoms with Crippen LogP contribution in [0.15, 0.2) is 23.3 Å². The molecule has 154 valence electrons. The highest BCUT2D eigenvalue weighted by atomic mass is 16.1. The van der Waals surface area contributed by atoms with Crippen LogP contribution in [0, 0.1) is 16.7 Å². The summed E-state index contributed by atoms with van der Waals surface area (Å²) in [5.74, 6) is 0.476. The van der Waals surface area contributed by atoms with Gasteiger partial charge < -0.3 is 5.73 Å². The summed E-state index contributed by atoms with van der Waals surface area (Å²) in [4.78, 5) is 11.5. The Balaban J connectivity index is 0. The third kappa shape index (κ3) is 9.59. The van der Waals surface area contributed by atoms with E-state index in [1.165, 1.54) is 17.6 Å². The van der Waals surface area contributed by atoms with Gasteiger partial charge in [0.15, 0.2) is 0 Å². The largest absolute Gasteiger partial charge is 0.369 e. The third-order valence-corrected chi connectivity index (χ3v) is 5.36. The maximum Gasteiger partial charge on any atom is 0.223 e. The van der Waals surface area contributed by atoms with Crippen LogP contribution in [-0.2, 0) is 4.79 Å². The van der Waals surface area contributed by atoms with Crippen molar-refractivity contribution in [1.82, 2.24) is 0 Å². The zero-order chi connectivity index (χ0) is 21.0. The van der Waals surface area contributed by atoms with E-state index >= 15 is 0 Å². The molecular weight excluding hydrogens is 318 g/mol. The Morgan fingerprint density at radius 2 is 1.81 bits per heavy atom. The normalized spacial score (nSPS) is 20.4. The summed E-state index contributed by atoms with van der Waals surface area (Å²) >= 11 is 0. The first-order valence-corrected chi connectivity index (χ1v) is 10.7. The van der Waals surface area contributed by atoms with Crippen molar-refractivity contribution in [2.75, 3.05) is 0 Å². The van der Waals surface area contributed by atoms with Gasteiger partial charge in [-0.15, -0.1) is 0 Å². The molecule has 0 fully saturated rings. The summed E-state index contributed by atoms with van der Waals surface area (Å²) < 4.78 is 0. The van der Waals surface area contributed by atoms with Gasteiger partial charge in [-0.2, -0.15) is 0 Å². The Hall–Kier alpha value is -1.05. The minimum Gasteiger partial charge on any atom is -0.369 e. The molecule has 2 nitrogen and oxygen atoms in total. The lowest BCUT2D eigenvalue weighted by atomic mass is 9.69. The lowest BCUT2D eigenvalue weighted by molar-refractivity contribution is -0.127. The third-order valence-electron chi connectivity index (χ3n) is 5.36. The van der Waals surface area contributed by atoms with Crippen LogP contribution < -0.4 is 5.73 Å². The molecule has 0 aromatic carbocycles. The standard InChI is InChI=1S/C19H33NO.C3H8.C2H6/c1-14(2)15(3)8-7-11-18(4,5)16-9-12-19(6,13-10-16)17(20)21;1-3-2;1-2/h8-9,14H,7,10-13H2,1-6H3,(H2,20,21);3H2,1-2H3;1-2H3/b15-8+;;. The van der Waals surface area contributed by atoms with Crippen molar-refractivity contribution in [3.8, 4) is 0 Å². The van der Waals surface area contributed by atoms with Gasteiger partial charge in [0.05, 0.1) is 0 Å². The molecule has 2 N–H and O–H groups in total. The van der Waals surface area contributed by atoms with Gasteiger partial charge >= 0.3 is 0 Å². The van der Waals surface area contributed by atoms with Gasteiger partial charge in [-0.3, -0.25) is 4.79 Å². The van der Waals surface area contributed by atoms with Crippen LogP contribution in [0.3, 0.4) is 0 Å². The fraction of sp³-hybridized carbons (Fsp3) is 0.792. The van der Waals surface area contributed by atoms with E-state index in [0.717, 1.165) is 32.1 Å². The number of rotatable bonds is 6. The molecule has 1 aliphatic rings. The highest BCUT2D eigenvalue weighted by molar-refractivity contribution is 5.80. The van der Waals surface area contributed by atoms with Crippen molar-refractivity contribution in [2.24, 2.45) is 22.5 Å². The predicted octanol–water partition coefficient (Wildman–Crippen LogP) is 7.44. The summed E-state index contributed by atoms with van der Waals surface area (Å²) in [5, 5.41) is 0. The fourth-order valence-electron chi connectivity index (χ4n) is 2.86. The molecule has 0 bridgehead atoms. The highest BCUT2D eigenvalue weighted by Gasteiger charge is 2.35. The van der Waals surface area contributed by atoms with E-state index in [1.807, 2.05) is 20.8 Å². The van der Waals surface area contributed by atoms with E-state index in [-0.39, 0.29) is 16.7 Å². The van der Waals surface area contributed by atoms with E-state index in [4.69, 9.17) is 5.73 Å². The average Bonchev–Trinajstić information content (AvgIpc) is 2.57. The minimum absolute atomic E-state index is 0.161. The number of hydrogen-bond donors (Lipinski definition) is 1. The van der Waals surface area contributed by atoms with E-state index in [9.17, 15) is 4.79 Å². The molecule has 0 aromatic rings. The van der Waals surface area contributed by atoms with Crippen LogP contribution in [0.1, 0.15) is 108 Å². The number of carbonyl (C=O) groups is 1. The summed E-state index contributed by atoms with van der Waals surface area (Å²) in [6, 6.07) is 0. The van der Waals surface area contributed by atoms with Gasteiger partial charge in [0.25, 0.3) is 0 Å². The topological polar surface area (TPSA) is 43.1 Å². The number of carbonyl (C=O) groups excluding carboxylic acids is 1. The van der Waals surface area contributed by atoms with Crippen molar-refractivity contribution in [3.05, 3.63) is 23.3 Å². The second-order valence-corrected chi connectivity index (χ2v) is 8.59. The average molecular weight is 366 g/mol. The first-order chi connectivity index (χ1) is 12.0. The first-order valence-electron chi connectivity index (χ1n) is 10.7. The molecule has 0 spiro atoms.